The van der Waals surface area contributed by atoms with E-state index in [1.165, 1.54) is 25.1 Å². The number of nitro groups is 1. The maximum atomic E-state index is 12.9. The van der Waals surface area contributed by atoms with Gasteiger partial charge < -0.3 is 26.6 Å². The lowest BCUT2D eigenvalue weighted by Crippen LogP contribution is -2.30. The van der Waals surface area contributed by atoms with E-state index in [0.29, 0.717) is 5.69 Å². The number of pyridine rings is 1. The van der Waals surface area contributed by atoms with Crippen molar-refractivity contribution in [1.29, 1.82) is 0 Å². The number of nitrogens with one attached hydrogen (secondary N) is 3. The standard InChI is InChI=1S/C18H23N7O7S/c1-10-3-4-13(25(28)29)9-14(10)33(30,31)24-16-12(7-11(2)22-17(16)27)8-15(26)21-5-6-32-23-18(19)20/h3-4,7,9,24H,5-6,8H2,1-2H3,(H,21,26)(H,22,27)(H4,19,20,23). The van der Waals surface area contributed by atoms with Crippen molar-refractivity contribution in [3.63, 3.8) is 0 Å². The second-order valence-corrected chi connectivity index (χ2v) is 8.52. The number of benzene rings is 1. The first kappa shape index (κ1) is 25.1. The molecule has 1 amide bonds. The molecule has 0 saturated carbocycles. The van der Waals surface area contributed by atoms with E-state index in [9.17, 15) is 28.1 Å². The van der Waals surface area contributed by atoms with E-state index in [1.807, 2.05) is 0 Å². The molecule has 0 saturated heterocycles. The van der Waals surface area contributed by atoms with Gasteiger partial charge in [0.2, 0.25) is 11.9 Å². The minimum atomic E-state index is -4.39. The third kappa shape index (κ3) is 6.93. The number of amides is 1. The Bertz CT molecular complexity index is 1250. The van der Waals surface area contributed by atoms with Crippen molar-refractivity contribution in [1.82, 2.24) is 10.3 Å². The van der Waals surface area contributed by atoms with Gasteiger partial charge in [0, 0.05) is 17.8 Å². The van der Waals surface area contributed by atoms with Gasteiger partial charge in [-0.2, -0.15) is 0 Å². The van der Waals surface area contributed by atoms with Crippen molar-refractivity contribution in [2.45, 2.75) is 25.2 Å². The Morgan fingerprint density at radius 3 is 2.61 bits per heavy atom. The van der Waals surface area contributed by atoms with Crippen molar-refractivity contribution in [2.24, 2.45) is 16.6 Å². The van der Waals surface area contributed by atoms with Crippen LogP contribution in [0, 0.1) is 24.0 Å². The van der Waals surface area contributed by atoms with Crippen molar-refractivity contribution in [3.05, 3.63) is 61.6 Å². The number of carbonyl (C=O) groups excluding carboxylic acids is 1. The minimum Gasteiger partial charge on any atom is -0.391 e. The predicted molar refractivity (Wildman–Crippen MR) is 119 cm³/mol. The molecule has 0 aliphatic rings. The number of aromatic amines is 1. The Hall–Kier alpha value is -4.14. The lowest BCUT2D eigenvalue weighted by atomic mass is 10.1. The predicted octanol–water partition coefficient (Wildman–Crippen LogP) is -0.436. The van der Waals surface area contributed by atoms with Crippen molar-refractivity contribution in [3.8, 4) is 0 Å². The summed E-state index contributed by atoms with van der Waals surface area (Å²) in [6.45, 7) is 3.04. The highest BCUT2D eigenvalue weighted by Gasteiger charge is 2.24. The summed E-state index contributed by atoms with van der Waals surface area (Å²) in [6, 6.07) is 4.78. The van der Waals surface area contributed by atoms with Gasteiger partial charge in [-0.1, -0.05) is 6.07 Å². The number of nitrogens with zero attached hydrogens (tertiary/aromatic N) is 2. The number of non-ortho nitro benzene ring substituents is 1. The Morgan fingerprint density at radius 2 is 1.97 bits per heavy atom. The molecular formula is C18H23N7O7S. The first-order valence-corrected chi connectivity index (χ1v) is 10.9. The summed E-state index contributed by atoms with van der Waals surface area (Å²) in [6.07, 6.45) is -0.334. The summed E-state index contributed by atoms with van der Waals surface area (Å²) in [5.41, 5.74) is 9.35. The summed E-state index contributed by atoms with van der Waals surface area (Å²) in [4.78, 5) is 41.9. The van der Waals surface area contributed by atoms with E-state index < -0.39 is 32.1 Å². The molecule has 14 nitrogen and oxygen atoms in total. The zero-order chi connectivity index (χ0) is 24.8. The highest BCUT2D eigenvalue weighted by molar-refractivity contribution is 7.92. The molecular weight excluding hydrogens is 458 g/mol. The van der Waals surface area contributed by atoms with Crippen LogP contribution in [0.2, 0.25) is 0 Å². The molecule has 2 rings (SSSR count). The van der Waals surface area contributed by atoms with Gasteiger partial charge in [-0.25, -0.2) is 8.42 Å². The third-order valence-electron chi connectivity index (χ3n) is 4.19. The van der Waals surface area contributed by atoms with Crippen LogP contribution in [0.5, 0.6) is 0 Å². The van der Waals surface area contributed by atoms with Crippen molar-refractivity contribution >= 4 is 33.3 Å². The number of oxime groups is 1. The number of rotatable bonds is 10. The van der Waals surface area contributed by atoms with E-state index in [0.717, 1.165) is 6.07 Å². The van der Waals surface area contributed by atoms with Gasteiger partial charge in [0.25, 0.3) is 21.3 Å². The molecule has 178 valence electrons. The monoisotopic (exact) mass is 481 g/mol. The molecule has 0 bridgehead atoms. The van der Waals surface area contributed by atoms with Crippen LogP contribution in [0.15, 0.2) is 39.1 Å². The van der Waals surface area contributed by atoms with Gasteiger partial charge in [0.05, 0.1) is 22.8 Å². The second kappa shape index (κ2) is 10.4. The van der Waals surface area contributed by atoms with Crippen LogP contribution < -0.4 is 27.1 Å². The van der Waals surface area contributed by atoms with Crippen LogP contribution in [0.1, 0.15) is 16.8 Å². The van der Waals surface area contributed by atoms with E-state index in [1.54, 1.807) is 6.92 Å². The molecule has 0 unspecified atom stereocenters. The molecule has 0 aliphatic heterocycles. The lowest BCUT2D eigenvalue weighted by molar-refractivity contribution is -0.385. The molecule has 15 heteroatoms. The number of aryl methyl sites for hydroxylation is 2. The topological polar surface area (TPSA) is 225 Å². The Labute approximate surface area is 188 Å². The molecule has 0 aliphatic carbocycles. The summed E-state index contributed by atoms with van der Waals surface area (Å²) in [5.74, 6) is -0.809. The van der Waals surface area contributed by atoms with Gasteiger partial charge in [0.15, 0.2) is 0 Å². The lowest BCUT2D eigenvalue weighted by Gasteiger charge is -2.14. The van der Waals surface area contributed by atoms with Gasteiger partial charge in [-0.05, 0) is 36.2 Å². The molecule has 0 fully saturated rings. The zero-order valence-corrected chi connectivity index (χ0v) is 18.6. The maximum absolute atomic E-state index is 12.9. The van der Waals surface area contributed by atoms with Crippen LogP contribution >= 0.6 is 0 Å². The number of H-pyrrole nitrogens is 1. The molecule has 0 radical (unpaired) electrons. The molecule has 1 aromatic heterocycles. The molecule has 1 heterocycles. The molecule has 2 aromatic rings. The van der Waals surface area contributed by atoms with Gasteiger partial charge in [-0.15, -0.1) is 0 Å². The Kier molecular flexibility index (Phi) is 7.95. The van der Waals surface area contributed by atoms with Gasteiger partial charge in [0.1, 0.15) is 12.3 Å². The number of nitro benzene ring substituents is 1. The molecule has 0 atom stereocenters. The molecule has 1 aromatic carbocycles. The second-order valence-electron chi connectivity index (χ2n) is 6.87. The van der Waals surface area contributed by atoms with Gasteiger partial charge >= 0.3 is 0 Å². The number of guanidine groups is 1. The summed E-state index contributed by atoms with van der Waals surface area (Å²) >= 11 is 0. The number of anilines is 1. The number of aromatic nitrogens is 1. The summed E-state index contributed by atoms with van der Waals surface area (Å²) in [7, 11) is -4.39. The summed E-state index contributed by atoms with van der Waals surface area (Å²) < 4.78 is 28.0. The number of hydrogen-bond acceptors (Lipinski definition) is 8. The Balaban J connectivity index is 2.28. The van der Waals surface area contributed by atoms with E-state index in [4.69, 9.17) is 16.3 Å². The van der Waals surface area contributed by atoms with E-state index in [-0.39, 0.29) is 47.2 Å². The fraction of sp³-hybridized carbons (Fsp3) is 0.278. The van der Waals surface area contributed by atoms with Crippen molar-refractivity contribution < 1.29 is 23.0 Å². The first-order valence-electron chi connectivity index (χ1n) is 9.39. The maximum Gasteiger partial charge on any atom is 0.272 e. The van der Waals surface area contributed by atoms with E-state index >= 15 is 0 Å². The smallest absolute Gasteiger partial charge is 0.272 e. The fourth-order valence-corrected chi connectivity index (χ4v) is 4.15. The zero-order valence-electron chi connectivity index (χ0n) is 17.7. The SMILES string of the molecule is Cc1cc(CC(=O)NCCON=C(N)N)c(NS(=O)(=O)c2cc([N+](=O)[O-])ccc2C)c(=O)[nH]1. The van der Waals surface area contributed by atoms with Crippen LogP contribution in [0.3, 0.4) is 0 Å². The molecule has 0 spiro atoms. The van der Waals surface area contributed by atoms with E-state index in [2.05, 4.69) is 20.2 Å². The van der Waals surface area contributed by atoms with Crippen LogP contribution in [0.4, 0.5) is 11.4 Å². The van der Waals surface area contributed by atoms with Crippen LogP contribution in [-0.2, 0) is 26.1 Å². The number of nitrogens with two attached hydrogens (primary N) is 2. The van der Waals surface area contributed by atoms with Crippen LogP contribution in [-0.4, -0.2) is 43.3 Å². The number of carbonyl (C=O) groups is 1. The third-order valence-corrected chi connectivity index (χ3v) is 5.69. The average molecular weight is 481 g/mol. The van der Waals surface area contributed by atoms with Crippen LogP contribution in [0.25, 0.3) is 0 Å². The minimum absolute atomic E-state index is 0.0242. The molecule has 33 heavy (non-hydrogen) atoms. The largest absolute Gasteiger partial charge is 0.391 e. The van der Waals surface area contributed by atoms with Crippen molar-refractivity contribution in [2.75, 3.05) is 17.9 Å². The normalized spacial score (nSPS) is 10.8. The summed E-state index contributed by atoms with van der Waals surface area (Å²) in [5, 5.41) is 16.8. The highest BCUT2D eigenvalue weighted by atomic mass is 32.2. The quantitative estimate of drug-likeness (QED) is 0.0973. The highest BCUT2D eigenvalue weighted by Crippen LogP contribution is 2.24. The Morgan fingerprint density at radius 1 is 1.27 bits per heavy atom. The molecule has 7 N–H and O–H groups in total. The average Bonchev–Trinajstić information content (AvgIpc) is 2.70. The van der Waals surface area contributed by atoms with Gasteiger partial charge in [-0.3, -0.25) is 24.4 Å². The number of hydrogen-bond donors (Lipinski definition) is 5. The first-order chi connectivity index (χ1) is 15.4. The fourth-order valence-electron chi connectivity index (χ4n) is 2.78. The number of sulfonamides is 1.